The molecule has 1 aromatic carbocycles. The Balaban J connectivity index is 2.63. The Hall–Kier alpha value is -2.30. The molecule has 22 heavy (non-hydrogen) atoms. The number of Topliss-reactive ketones (excluding diaryl/α,β-unsaturated/α-hetero) is 1. The standard InChI is InChI=1S/C17H20O5/c1-4-11-22-16(19)17(10-6-9-14(17)18)15-12(20-2)7-5-8-13(15)21-3/h4-5,7-8H,1,6,9-11H2,2-3H3. The van der Waals surface area contributed by atoms with Crippen molar-refractivity contribution in [1.29, 1.82) is 0 Å². The molecular weight excluding hydrogens is 284 g/mol. The molecule has 0 heterocycles. The Bertz CT molecular complexity index is 570. The lowest BCUT2D eigenvalue weighted by Crippen LogP contribution is -2.42. The highest BCUT2D eigenvalue weighted by Crippen LogP contribution is 2.47. The molecule has 5 nitrogen and oxygen atoms in total. The van der Waals surface area contributed by atoms with Crippen LogP contribution in [0.25, 0.3) is 0 Å². The second-order valence-electron chi connectivity index (χ2n) is 5.11. The van der Waals surface area contributed by atoms with Gasteiger partial charge in [-0.3, -0.25) is 9.59 Å². The van der Waals surface area contributed by atoms with Crippen LogP contribution in [0.5, 0.6) is 11.5 Å². The molecule has 0 aliphatic heterocycles. The molecule has 0 saturated heterocycles. The number of ketones is 1. The van der Waals surface area contributed by atoms with E-state index in [1.54, 1.807) is 18.2 Å². The van der Waals surface area contributed by atoms with Gasteiger partial charge in [-0.25, -0.2) is 0 Å². The van der Waals surface area contributed by atoms with Crippen molar-refractivity contribution in [3.63, 3.8) is 0 Å². The molecule has 0 N–H and O–H groups in total. The van der Waals surface area contributed by atoms with E-state index in [-0.39, 0.29) is 12.4 Å². The topological polar surface area (TPSA) is 61.8 Å². The smallest absolute Gasteiger partial charge is 0.324 e. The summed E-state index contributed by atoms with van der Waals surface area (Å²) in [5, 5.41) is 0. The number of carbonyl (C=O) groups excluding carboxylic acids is 2. The molecular formula is C17H20O5. The second-order valence-corrected chi connectivity index (χ2v) is 5.11. The summed E-state index contributed by atoms with van der Waals surface area (Å²) in [6.45, 7) is 3.59. The van der Waals surface area contributed by atoms with Gasteiger partial charge in [0.1, 0.15) is 18.1 Å². The van der Waals surface area contributed by atoms with Gasteiger partial charge in [0.25, 0.3) is 0 Å². The SMILES string of the molecule is C=CCOC(=O)C1(c2c(OC)cccc2OC)CCCC1=O. The van der Waals surface area contributed by atoms with Gasteiger partial charge in [-0.15, -0.1) is 0 Å². The highest BCUT2D eigenvalue weighted by molar-refractivity contribution is 6.12. The first kappa shape index (κ1) is 16.1. The fourth-order valence-electron chi connectivity index (χ4n) is 2.98. The van der Waals surface area contributed by atoms with Crippen LogP contribution in [0, 0.1) is 0 Å². The minimum absolute atomic E-state index is 0.0608. The second kappa shape index (κ2) is 6.64. The first-order valence-electron chi connectivity index (χ1n) is 7.14. The molecule has 1 unspecified atom stereocenters. The van der Waals surface area contributed by atoms with Crippen molar-refractivity contribution < 1.29 is 23.8 Å². The van der Waals surface area contributed by atoms with Crippen molar-refractivity contribution in [2.45, 2.75) is 24.7 Å². The summed E-state index contributed by atoms with van der Waals surface area (Å²) in [6.07, 6.45) is 2.83. The van der Waals surface area contributed by atoms with Crippen LogP contribution in [0.4, 0.5) is 0 Å². The average molecular weight is 304 g/mol. The van der Waals surface area contributed by atoms with E-state index in [2.05, 4.69) is 6.58 Å². The number of hydrogen-bond donors (Lipinski definition) is 0. The first-order chi connectivity index (χ1) is 10.6. The lowest BCUT2D eigenvalue weighted by molar-refractivity contribution is -0.152. The van der Waals surface area contributed by atoms with Crippen molar-refractivity contribution in [1.82, 2.24) is 0 Å². The van der Waals surface area contributed by atoms with Crippen LogP contribution in [0.1, 0.15) is 24.8 Å². The first-order valence-corrected chi connectivity index (χ1v) is 7.14. The Morgan fingerprint density at radius 3 is 2.41 bits per heavy atom. The minimum atomic E-state index is -1.36. The van der Waals surface area contributed by atoms with Crippen molar-refractivity contribution in [3.8, 4) is 11.5 Å². The number of esters is 1. The number of benzene rings is 1. The van der Waals surface area contributed by atoms with E-state index in [0.717, 1.165) is 0 Å². The predicted molar refractivity (Wildman–Crippen MR) is 81.2 cm³/mol. The van der Waals surface area contributed by atoms with Crippen LogP contribution in [-0.2, 0) is 19.7 Å². The van der Waals surface area contributed by atoms with Crippen LogP contribution in [0.15, 0.2) is 30.9 Å². The maximum Gasteiger partial charge on any atom is 0.324 e. The van der Waals surface area contributed by atoms with Gasteiger partial charge in [0.15, 0.2) is 11.2 Å². The van der Waals surface area contributed by atoms with Crippen molar-refractivity contribution in [2.75, 3.05) is 20.8 Å². The monoisotopic (exact) mass is 304 g/mol. The Morgan fingerprint density at radius 2 is 1.95 bits per heavy atom. The fourth-order valence-corrected chi connectivity index (χ4v) is 2.98. The number of methoxy groups -OCH3 is 2. The third kappa shape index (κ3) is 2.47. The van der Waals surface area contributed by atoms with Crippen molar-refractivity contribution in [3.05, 3.63) is 36.4 Å². The van der Waals surface area contributed by atoms with Gasteiger partial charge in [0, 0.05) is 6.42 Å². The highest BCUT2D eigenvalue weighted by Gasteiger charge is 2.54. The number of rotatable bonds is 6. The molecule has 1 atom stereocenters. The predicted octanol–water partition coefficient (Wildman–Crippen LogP) is 2.42. The molecule has 118 valence electrons. The van der Waals surface area contributed by atoms with E-state index >= 15 is 0 Å². The Morgan fingerprint density at radius 1 is 1.32 bits per heavy atom. The van der Waals surface area contributed by atoms with Gasteiger partial charge in [0.05, 0.1) is 19.8 Å². The summed E-state index contributed by atoms with van der Waals surface area (Å²) in [5.41, 5.74) is -0.905. The fraction of sp³-hybridized carbons (Fsp3) is 0.412. The summed E-state index contributed by atoms with van der Waals surface area (Å²) in [4.78, 5) is 25.3. The molecule has 5 heteroatoms. The third-order valence-electron chi connectivity index (χ3n) is 3.97. The molecule has 0 radical (unpaired) electrons. The molecule has 0 spiro atoms. The minimum Gasteiger partial charge on any atom is -0.496 e. The van der Waals surface area contributed by atoms with E-state index in [1.165, 1.54) is 20.3 Å². The van der Waals surface area contributed by atoms with Gasteiger partial charge in [-0.05, 0) is 25.0 Å². The van der Waals surface area contributed by atoms with Crippen molar-refractivity contribution >= 4 is 11.8 Å². The quantitative estimate of drug-likeness (QED) is 0.459. The number of ether oxygens (including phenoxy) is 3. The van der Waals surface area contributed by atoms with Crippen molar-refractivity contribution in [2.24, 2.45) is 0 Å². The number of hydrogen-bond acceptors (Lipinski definition) is 5. The largest absolute Gasteiger partial charge is 0.496 e. The van der Waals surface area contributed by atoms with E-state index in [1.807, 2.05) is 0 Å². The molecule has 1 aromatic rings. The zero-order chi connectivity index (χ0) is 16.2. The van der Waals surface area contributed by atoms with Crippen LogP contribution >= 0.6 is 0 Å². The maximum absolute atomic E-state index is 12.7. The van der Waals surface area contributed by atoms with Gasteiger partial charge in [0.2, 0.25) is 0 Å². The molecule has 1 aliphatic carbocycles. The van der Waals surface area contributed by atoms with Crippen LogP contribution in [0.3, 0.4) is 0 Å². The molecule has 1 aliphatic rings. The van der Waals surface area contributed by atoms with Gasteiger partial charge >= 0.3 is 5.97 Å². The Labute approximate surface area is 129 Å². The van der Waals surface area contributed by atoms with E-state index in [0.29, 0.717) is 36.3 Å². The number of carbonyl (C=O) groups is 2. The lowest BCUT2D eigenvalue weighted by atomic mass is 9.77. The molecule has 1 fully saturated rings. The molecule has 1 saturated carbocycles. The Kier molecular flexibility index (Phi) is 4.85. The molecule has 0 aromatic heterocycles. The van der Waals surface area contributed by atoms with E-state index in [9.17, 15) is 9.59 Å². The molecule has 0 amide bonds. The molecule has 2 rings (SSSR count). The summed E-state index contributed by atoms with van der Waals surface area (Å²) in [6, 6.07) is 5.18. The van der Waals surface area contributed by atoms with Gasteiger partial charge < -0.3 is 14.2 Å². The van der Waals surface area contributed by atoms with Crippen LogP contribution < -0.4 is 9.47 Å². The van der Waals surface area contributed by atoms with E-state index < -0.39 is 11.4 Å². The summed E-state index contributed by atoms with van der Waals surface area (Å²) in [7, 11) is 3.00. The summed E-state index contributed by atoms with van der Waals surface area (Å²) in [5.74, 6) is 0.164. The molecule has 0 bridgehead atoms. The van der Waals surface area contributed by atoms with Crippen LogP contribution in [0.2, 0.25) is 0 Å². The average Bonchev–Trinajstić information content (AvgIpc) is 2.93. The van der Waals surface area contributed by atoms with Gasteiger partial charge in [-0.2, -0.15) is 0 Å². The van der Waals surface area contributed by atoms with Gasteiger partial charge in [-0.1, -0.05) is 18.7 Å². The normalized spacial score (nSPS) is 20.5. The summed E-state index contributed by atoms with van der Waals surface area (Å²) >= 11 is 0. The summed E-state index contributed by atoms with van der Waals surface area (Å²) < 4.78 is 15.9. The lowest BCUT2D eigenvalue weighted by Gasteiger charge is -2.28. The zero-order valence-electron chi connectivity index (χ0n) is 12.9. The zero-order valence-corrected chi connectivity index (χ0v) is 12.9. The highest BCUT2D eigenvalue weighted by atomic mass is 16.5. The van der Waals surface area contributed by atoms with Crippen LogP contribution in [-0.4, -0.2) is 32.6 Å². The van der Waals surface area contributed by atoms with E-state index in [4.69, 9.17) is 14.2 Å². The third-order valence-corrected chi connectivity index (χ3v) is 3.97. The maximum atomic E-state index is 12.7.